The van der Waals surface area contributed by atoms with E-state index >= 15 is 0 Å². The molecule has 374 valence electrons. The number of nitrogens with one attached hydrogen (secondary N) is 3. The molecule has 2 aliphatic heterocycles. The minimum atomic E-state index is -0.884. The van der Waals surface area contributed by atoms with Gasteiger partial charge in [0.1, 0.15) is 35.8 Å². The standard InChI is InChI=1S/C50H65FN12O7/c1-29(55-6)46(66)59-43(50(3,4)5)49(68)62-27-32-22-34(17-15-31(32)23-39(62)45(54)65)69-21-13-11-9-8-10-12-14-41(64)56-19-20-63-40-28-61(7)48(67)35-18-16-33(51)24-36(35)30(2)70-47-44(53)57-26-38(58-47)42(40)37(25-52)60-63/h15-18,22,24,26,29-30,39,43,55H,8-14,19-21,23,27-28H2,1-7H3,(H2,53,57)(H2,54,65)(H,56,64)(H,59,66)/t29-,30-,39-,43+/m1/s1. The molecule has 4 heterocycles. The zero-order chi connectivity index (χ0) is 50.9. The fourth-order valence-corrected chi connectivity index (χ4v) is 8.60. The van der Waals surface area contributed by atoms with Crippen LogP contribution >= 0.6 is 0 Å². The fourth-order valence-electron chi connectivity index (χ4n) is 8.60. The molecular weight excluding hydrogens is 900 g/mol. The van der Waals surface area contributed by atoms with Crippen LogP contribution < -0.4 is 36.9 Å². The zero-order valence-electron chi connectivity index (χ0n) is 41.1. The number of amides is 5. The number of aromatic nitrogens is 4. The number of hydrogen-bond donors (Lipinski definition) is 5. The van der Waals surface area contributed by atoms with Gasteiger partial charge in [-0.15, -0.1) is 0 Å². The Labute approximate surface area is 407 Å². The number of benzene rings is 2. The van der Waals surface area contributed by atoms with Crippen LogP contribution in [0.4, 0.5) is 10.2 Å². The Morgan fingerprint density at radius 2 is 1.77 bits per heavy atom. The third kappa shape index (κ3) is 12.5. The normalized spacial score (nSPS) is 16.5. The predicted molar refractivity (Wildman–Crippen MR) is 258 cm³/mol. The second-order valence-corrected chi connectivity index (χ2v) is 19.0. The third-order valence-electron chi connectivity index (χ3n) is 12.7. The second-order valence-electron chi connectivity index (χ2n) is 19.0. The van der Waals surface area contributed by atoms with Crippen molar-refractivity contribution >= 4 is 35.4 Å². The van der Waals surface area contributed by atoms with E-state index in [-0.39, 0.29) is 79.0 Å². The number of nitrogens with zero attached hydrogens (tertiary/aromatic N) is 7. The number of rotatable bonds is 18. The lowest BCUT2D eigenvalue weighted by atomic mass is 9.84. The molecule has 2 aromatic heterocycles. The maximum atomic E-state index is 14.4. The van der Waals surface area contributed by atoms with Crippen LogP contribution in [0.25, 0.3) is 11.3 Å². The van der Waals surface area contributed by atoms with E-state index < -0.39 is 47.3 Å². The molecule has 4 atom stereocenters. The Balaban J connectivity index is 0.957. The van der Waals surface area contributed by atoms with Gasteiger partial charge in [0.25, 0.3) is 11.8 Å². The number of primary amides is 1. The smallest absolute Gasteiger partial charge is 0.258 e. The lowest BCUT2D eigenvalue weighted by Gasteiger charge is -2.40. The van der Waals surface area contributed by atoms with Gasteiger partial charge in [-0.25, -0.2) is 14.4 Å². The van der Waals surface area contributed by atoms with Crippen molar-refractivity contribution in [1.82, 2.24) is 45.5 Å². The highest BCUT2D eigenvalue weighted by molar-refractivity contribution is 5.96. The van der Waals surface area contributed by atoms with Crippen LogP contribution in [0.2, 0.25) is 0 Å². The quantitative estimate of drug-likeness (QED) is 0.0864. The highest BCUT2D eigenvalue weighted by atomic mass is 19.1. The molecule has 0 radical (unpaired) electrons. The molecule has 6 rings (SSSR count). The molecule has 0 saturated carbocycles. The molecule has 20 heteroatoms. The molecule has 0 unspecified atom stereocenters. The molecule has 0 fully saturated rings. The van der Waals surface area contributed by atoms with Crippen molar-refractivity contribution in [3.05, 3.63) is 82.1 Å². The Morgan fingerprint density at radius 1 is 1.04 bits per heavy atom. The number of ether oxygens (including phenoxy) is 2. The summed E-state index contributed by atoms with van der Waals surface area (Å²) in [4.78, 5) is 77.9. The van der Waals surface area contributed by atoms with E-state index in [4.69, 9.17) is 20.9 Å². The molecule has 0 saturated heterocycles. The first-order chi connectivity index (χ1) is 33.3. The first-order valence-electron chi connectivity index (χ1n) is 23.7. The number of nitrogens with two attached hydrogens (primary N) is 2. The number of likely N-dealkylation sites (N-methyl/N-ethyl adjacent to an activating group) is 1. The molecular formula is C50H65FN12O7. The highest BCUT2D eigenvalue weighted by Crippen LogP contribution is 2.35. The number of hydrogen-bond acceptors (Lipinski definition) is 13. The van der Waals surface area contributed by atoms with Gasteiger partial charge in [-0.1, -0.05) is 52.5 Å². The third-order valence-corrected chi connectivity index (χ3v) is 12.7. The summed E-state index contributed by atoms with van der Waals surface area (Å²) in [7, 11) is 3.26. The molecule has 70 heavy (non-hydrogen) atoms. The number of unbranched alkanes of at least 4 members (excludes halogenated alkanes) is 5. The van der Waals surface area contributed by atoms with E-state index in [0.29, 0.717) is 42.0 Å². The van der Waals surface area contributed by atoms with Crippen molar-refractivity contribution in [3.8, 4) is 29.0 Å². The van der Waals surface area contributed by atoms with E-state index in [1.165, 1.54) is 34.2 Å². The van der Waals surface area contributed by atoms with Crippen molar-refractivity contribution in [2.24, 2.45) is 11.1 Å². The Bertz CT molecular complexity index is 2620. The van der Waals surface area contributed by atoms with Gasteiger partial charge in [-0.3, -0.25) is 28.7 Å². The maximum absolute atomic E-state index is 14.4. The molecule has 2 aliphatic rings. The molecule has 0 aliphatic carbocycles. The van der Waals surface area contributed by atoms with Crippen molar-refractivity contribution < 1.29 is 37.8 Å². The van der Waals surface area contributed by atoms with Gasteiger partial charge in [0.05, 0.1) is 48.9 Å². The Kier molecular flexibility index (Phi) is 17.1. The van der Waals surface area contributed by atoms with E-state index in [9.17, 15) is 33.6 Å². The van der Waals surface area contributed by atoms with E-state index in [1.54, 1.807) is 32.6 Å². The van der Waals surface area contributed by atoms with E-state index in [1.807, 2.05) is 39.0 Å². The Hall–Kier alpha value is -7.14. The summed E-state index contributed by atoms with van der Waals surface area (Å²) >= 11 is 0. The molecule has 5 amide bonds. The largest absolute Gasteiger partial charge is 0.494 e. The monoisotopic (exact) mass is 965 g/mol. The number of nitriles is 1. The van der Waals surface area contributed by atoms with Crippen molar-refractivity contribution in [2.75, 3.05) is 33.0 Å². The summed E-state index contributed by atoms with van der Waals surface area (Å²) in [6.07, 6.45) is 6.43. The number of carbonyl (C=O) groups is 5. The topological polar surface area (TPSA) is 266 Å². The first-order valence-corrected chi connectivity index (χ1v) is 23.7. The zero-order valence-corrected chi connectivity index (χ0v) is 41.1. The summed E-state index contributed by atoms with van der Waals surface area (Å²) in [5, 5.41) is 23.4. The lowest BCUT2D eigenvalue weighted by molar-refractivity contribution is -0.146. The number of halogens is 1. The van der Waals surface area contributed by atoms with Gasteiger partial charge >= 0.3 is 0 Å². The second kappa shape index (κ2) is 23.0. The van der Waals surface area contributed by atoms with Gasteiger partial charge in [0.15, 0.2) is 11.5 Å². The van der Waals surface area contributed by atoms with Crippen LogP contribution in [0.15, 0.2) is 42.6 Å². The van der Waals surface area contributed by atoms with Gasteiger partial charge in [0, 0.05) is 44.1 Å². The lowest BCUT2D eigenvalue weighted by Crippen LogP contribution is -2.61. The minimum absolute atomic E-state index is 0.00605. The molecule has 0 spiro atoms. The number of carbonyl (C=O) groups excluding carboxylic acids is 5. The SMILES string of the molecule is CN[C@H](C)C(=O)N[C@@H](C(=O)N1Cc2cc(OCCCCCCCCC(=O)NCCn3nc(C#N)c4c3CN(C)C(=O)c3ccc(F)cc3[C@@H](C)Oc3nc-4cnc3N)ccc2C[C@@H]1C(N)=O)C(C)(C)C. The molecule has 4 aromatic rings. The van der Waals surface area contributed by atoms with Crippen molar-refractivity contribution in [2.45, 2.75) is 130 Å². The number of fused-ring (bicyclic) bond motifs is 6. The average Bonchev–Trinajstić information content (AvgIpc) is 3.67. The van der Waals surface area contributed by atoms with Crippen LogP contribution in [0, 0.1) is 22.6 Å². The molecule has 7 N–H and O–H groups in total. The van der Waals surface area contributed by atoms with Crippen molar-refractivity contribution in [1.29, 1.82) is 5.26 Å². The average molecular weight is 965 g/mol. The summed E-state index contributed by atoms with van der Waals surface area (Å²) in [5.41, 5.74) is 14.7. The van der Waals surface area contributed by atoms with Crippen LogP contribution in [-0.4, -0.2) is 104 Å². The minimum Gasteiger partial charge on any atom is -0.494 e. The van der Waals surface area contributed by atoms with Gasteiger partial charge in [0.2, 0.25) is 23.6 Å². The number of nitrogen functional groups attached to an aromatic ring is 1. The van der Waals surface area contributed by atoms with E-state index in [2.05, 4.69) is 37.1 Å². The summed E-state index contributed by atoms with van der Waals surface area (Å²) < 4.78 is 28.1. The Morgan fingerprint density at radius 3 is 2.47 bits per heavy atom. The highest BCUT2D eigenvalue weighted by Gasteiger charge is 2.42. The summed E-state index contributed by atoms with van der Waals surface area (Å²) in [5.74, 6) is -1.78. The fraction of sp³-hybridized carbons (Fsp3) is 0.500. The molecule has 19 nitrogen and oxygen atoms in total. The predicted octanol–water partition coefficient (Wildman–Crippen LogP) is 4.46. The van der Waals surface area contributed by atoms with Crippen molar-refractivity contribution in [3.63, 3.8) is 0 Å². The van der Waals surface area contributed by atoms with Gasteiger partial charge in [-0.2, -0.15) is 10.4 Å². The van der Waals surface area contributed by atoms with Crippen LogP contribution in [0.5, 0.6) is 11.6 Å². The maximum Gasteiger partial charge on any atom is 0.258 e. The van der Waals surface area contributed by atoms with Crippen LogP contribution in [0.3, 0.4) is 0 Å². The van der Waals surface area contributed by atoms with Gasteiger partial charge in [-0.05, 0) is 80.6 Å². The summed E-state index contributed by atoms with van der Waals surface area (Å²) in [6.45, 7) is 10.00. The molecule has 2 aromatic carbocycles. The molecule has 2 bridgehead atoms. The number of anilines is 1. The van der Waals surface area contributed by atoms with E-state index in [0.717, 1.165) is 43.2 Å². The van der Waals surface area contributed by atoms with Crippen LogP contribution in [-0.2, 0) is 45.2 Å². The first kappa shape index (κ1) is 52.2. The van der Waals surface area contributed by atoms with Gasteiger partial charge < -0.3 is 46.7 Å². The van der Waals surface area contributed by atoms with Crippen LogP contribution in [0.1, 0.15) is 124 Å². The summed E-state index contributed by atoms with van der Waals surface area (Å²) in [6, 6.07) is 9.37.